The Morgan fingerprint density at radius 1 is 0.968 bits per heavy atom. The summed E-state index contributed by atoms with van der Waals surface area (Å²) in [6.45, 7) is 3.72. The van der Waals surface area contributed by atoms with E-state index in [-0.39, 0.29) is 31.3 Å². The van der Waals surface area contributed by atoms with E-state index in [9.17, 15) is 14.4 Å². The number of carboxylic acid groups (broad SMARTS) is 1. The van der Waals surface area contributed by atoms with E-state index in [1.54, 1.807) is 6.92 Å². The molecule has 3 rings (SSSR count). The highest BCUT2D eigenvalue weighted by Gasteiger charge is 2.29. The number of alkyl carbamates (subject to hydrolysis) is 1. The van der Waals surface area contributed by atoms with E-state index in [0.717, 1.165) is 22.3 Å². The van der Waals surface area contributed by atoms with Gasteiger partial charge in [-0.3, -0.25) is 9.59 Å². The van der Waals surface area contributed by atoms with Gasteiger partial charge >= 0.3 is 12.1 Å². The van der Waals surface area contributed by atoms with Gasteiger partial charge in [0.05, 0.1) is 6.42 Å². The fraction of sp³-hybridized carbons (Fsp3) is 0.375. The molecular formula is C24H28N2O5. The number of ether oxygens (including phenoxy) is 1. The van der Waals surface area contributed by atoms with Crippen LogP contribution in [0.2, 0.25) is 0 Å². The van der Waals surface area contributed by atoms with Crippen molar-refractivity contribution in [3.63, 3.8) is 0 Å². The van der Waals surface area contributed by atoms with Crippen LogP contribution >= 0.6 is 0 Å². The van der Waals surface area contributed by atoms with Gasteiger partial charge in [-0.2, -0.15) is 0 Å². The first kappa shape index (κ1) is 22.3. The van der Waals surface area contributed by atoms with Gasteiger partial charge < -0.3 is 20.5 Å². The monoisotopic (exact) mass is 424 g/mol. The largest absolute Gasteiger partial charge is 0.481 e. The van der Waals surface area contributed by atoms with Crippen molar-refractivity contribution in [2.24, 2.45) is 0 Å². The van der Waals surface area contributed by atoms with Gasteiger partial charge in [-0.1, -0.05) is 55.5 Å². The van der Waals surface area contributed by atoms with Gasteiger partial charge in [0.1, 0.15) is 6.61 Å². The molecule has 2 aromatic rings. The number of carbonyl (C=O) groups is 3. The number of aliphatic carboxylic acids is 1. The molecule has 0 heterocycles. The number of hydrogen-bond donors (Lipinski definition) is 3. The van der Waals surface area contributed by atoms with Crippen molar-refractivity contribution in [1.82, 2.24) is 10.6 Å². The average Bonchev–Trinajstić information content (AvgIpc) is 3.05. The van der Waals surface area contributed by atoms with E-state index in [0.29, 0.717) is 6.42 Å². The third kappa shape index (κ3) is 5.63. The number of rotatable bonds is 9. The Morgan fingerprint density at radius 3 is 2.10 bits per heavy atom. The van der Waals surface area contributed by atoms with Crippen molar-refractivity contribution >= 4 is 18.0 Å². The number of carboxylic acids is 1. The zero-order valence-corrected chi connectivity index (χ0v) is 17.8. The van der Waals surface area contributed by atoms with Crippen LogP contribution in [0.1, 0.15) is 50.2 Å². The smallest absolute Gasteiger partial charge is 0.407 e. The molecule has 0 fully saturated rings. The molecule has 1 aliphatic rings. The van der Waals surface area contributed by atoms with Crippen LogP contribution in [0.15, 0.2) is 48.5 Å². The van der Waals surface area contributed by atoms with Gasteiger partial charge in [-0.05, 0) is 35.6 Å². The summed E-state index contributed by atoms with van der Waals surface area (Å²) in [5, 5.41) is 14.2. The highest BCUT2D eigenvalue weighted by Crippen LogP contribution is 2.44. The van der Waals surface area contributed by atoms with Gasteiger partial charge in [0.15, 0.2) is 0 Å². The van der Waals surface area contributed by atoms with Crippen LogP contribution in [0.25, 0.3) is 11.1 Å². The first-order valence-electron chi connectivity index (χ1n) is 10.5. The van der Waals surface area contributed by atoms with Crippen molar-refractivity contribution in [1.29, 1.82) is 0 Å². The van der Waals surface area contributed by atoms with Crippen molar-refractivity contribution in [2.75, 3.05) is 6.61 Å². The Labute approximate surface area is 181 Å². The summed E-state index contributed by atoms with van der Waals surface area (Å²) < 4.78 is 5.49. The predicted octanol–water partition coefficient (Wildman–Crippen LogP) is 3.67. The van der Waals surface area contributed by atoms with Crippen molar-refractivity contribution < 1.29 is 24.2 Å². The number of fused-ring (bicyclic) bond motifs is 3. The molecule has 3 N–H and O–H groups in total. The Balaban J connectivity index is 1.51. The number of hydrogen-bond acceptors (Lipinski definition) is 4. The summed E-state index contributed by atoms with van der Waals surface area (Å²) in [7, 11) is 0. The molecule has 31 heavy (non-hydrogen) atoms. The number of benzene rings is 2. The molecule has 7 nitrogen and oxygen atoms in total. The number of nitrogens with one attached hydrogen (secondary N) is 2. The number of amides is 2. The Morgan fingerprint density at radius 2 is 1.55 bits per heavy atom. The molecule has 2 amide bonds. The Hall–Kier alpha value is -3.35. The maximum atomic E-state index is 12.3. The molecule has 0 saturated heterocycles. The molecule has 0 unspecified atom stereocenters. The zero-order chi connectivity index (χ0) is 22.4. The van der Waals surface area contributed by atoms with E-state index >= 15 is 0 Å². The van der Waals surface area contributed by atoms with Gasteiger partial charge in [0.25, 0.3) is 0 Å². The van der Waals surface area contributed by atoms with E-state index in [2.05, 4.69) is 34.9 Å². The lowest BCUT2D eigenvalue weighted by molar-refractivity contribution is -0.137. The summed E-state index contributed by atoms with van der Waals surface area (Å²) in [6, 6.07) is 15.3. The van der Waals surface area contributed by atoms with Gasteiger partial charge in [0, 0.05) is 24.4 Å². The summed E-state index contributed by atoms with van der Waals surface area (Å²) >= 11 is 0. The van der Waals surface area contributed by atoms with Crippen LogP contribution < -0.4 is 10.6 Å². The molecule has 0 radical (unpaired) electrons. The molecule has 7 heteroatoms. The van der Waals surface area contributed by atoms with E-state index < -0.39 is 24.1 Å². The second-order valence-electron chi connectivity index (χ2n) is 7.85. The minimum Gasteiger partial charge on any atom is -0.481 e. The molecule has 0 saturated carbocycles. The first-order valence-corrected chi connectivity index (χ1v) is 10.5. The van der Waals surface area contributed by atoms with Crippen LogP contribution in [-0.2, 0) is 14.3 Å². The van der Waals surface area contributed by atoms with Gasteiger partial charge in [-0.15, -0.1) is 0 Å². The summed E-state index contributed by atoms with van der Waals surface area (Å²) in [4.78, 5) is 35.3. The summed E-state index contributed by atoms with van der Waals surface area (Å²) in [5.41, 5.74) is 4.58. The zero-order valence-electron chi connectivity index (χ0n) is 17.8. The van der Waals surface area contributed by atoms with Crippen LogP contribution in [0, 0.1) is 0 Å². The van der Waals surface area contributed by atoms with Gasteiger partial charge in [-0.25, -0.2) is 4.79 Å². The first-order chi connectivity index (χ1) is 14.9. The van der Waals surface area contributed by atoms with Crippen molar-refractivity contribution in [3.8, 4) is 11.1 Å². The molecule has 2 aromatic carbocycles. The average molecular weight is 424 g/mol. The fourth-order valence-corrected chi connectivity index (χ4v) is 3.97. The second kappa shape index (κ2) is 10.1. The van der Waals surface area contributed by atoms with E-state index in [1.807, 2.05) is 31.2 Å². The summed E-state index contributed by atoms with van der Waals surface area (Å²) in [5.74, 6) is -1.30. The highest BCUT2D eigenvalue weighted by atomic mass is 16.5. The maximum absolute atomic E-state index is 12.3. The quantitative estimate of drug-likeness (QED) is 0.570. The lowest BCUT2D eigenvalue weighted by atomic mass is 9.98. The molecule has 0 aromatic heterocycles. The van der Waals surface area contributed by atoms with E-state index in [1.165, 1.54) is 0 Å². The van der Waals surface area contributed by atoms with Crippen LogP contribution in [0.3, 0.4) is 0 Å². The molecule has 0 bridgehead atoms. The standard InChI is InChI=1S/C24H28N2O5/c1-3-16(13-23(28)29)26-22(27)12-15(2)25-24(30)31-14-21-19-10-6-4-8-17(19)18-9-5-7-11-20(18)21/h4-11,15-16,21H,3,12-14H2,1-2H3,(H,25,30)(H,26,27)(H,28,29)/t15-,16-/m0/s1. The van der Waals surface area contributed by atoms with Crippen LogP contribution in [0.5, 0.6) is 0 Å². The Kier molecular flexibility index (Phi) is 7.28. The highest BCUT2D eigenvalue weighted by molar-refractivity contribution is 5.80. The lowest BCUT2D eigenvalue weighted by Crippen LogP contribution is -2.41. The molecule has 1 aliphatic carbocycles. The summed E-state index contributed by atoms with van der Waals surface area (Å²) in [6.07, 6.45) is -0.150. The topological polar surface area (TPSA) is 105 Å². The molecule has 0 spiro atoms. The molecule has 164 valence electrons. The van der Waals surface area contributed by atoms with Crippen molar-refractivity contribution in [3.05, 3.63) is 59.7 Å². The SMILES string of the molecule is CC[C@@H](CC(=O)O)NC(=O)C[C@H](C)NC(=O)OCC1c2ccccc2-c2ccccc21. The minimum absolute atomic E-state index is 0.0296. The normalized spacial score (nSPS) is 14.1. The Bertz CT molecular complexity index is 913. The third-order valence-electron chi connectivity index (χ3n) is 5.48. The predicted molar refractivity (Wildman–Crippen MR) is 117 cm³/mol. The maximum Gasteiger partial charge on any atom is 0.407 e. The minimum atomic E-state index is -0.961. The lowest BCUT2D eigenvalue weighted by Gasteiger charge is -2.19. The second-order valence-corrected chi connectivity index (χ2v) is 7.85. The fourth-order valence-electron chi connectivity index (χ4n) is 3.97. The molecular weight excluding hydrogens is 396 g/mol. The van der Waals surface area contributed by atoms with E-state index in [4.69, 9.17) is 9.84 Å². The number of carbonyl (C=O) groups excluding carboxylic acids is 2. The third-order valence-corrected chi connectivity index (χ3v) is 5.48. The molecule has 0 aliphatic heterocycles. The van der Waals surface area contributed by atoms with Crippen LogP contribution in [0.4, 0.5) is 4.79 Å². The van der Waals surface area contributed by atoms with Crippen molar-refractivity contribution in [2.45, 2.75) is 51.1 Å². The molecule has 2 atom stereocenters. The van der Waals surface area contributed by atoms with Gasteiger partial charge in [0.2, 0.25) is 5.91 Å². The van der Waals surface area contributed by atoms with Crippen LogP contribution in [-0.4, -0.2) is 41.8 Å².